The number of carbonyl (C=O) groups is 1. The first-order chi connectivity index (χ1) is 20.3. The summed E-state index contributed by atoms with van der Waals surface area (Å²) in [5.74, 6) is 0.655. The van der Waals surface area contributed by atoms with Gasteiger partial charge in [-0.1, -0.05) is 28.9 Å². The highest BCUT2D eigenvalue weighted by Crippen LogP contribution is 2.37. The molecule has 2 aromatic heterocycles. The van der Waals surface area contributed by atoms with E-state index in [4.69, 9.17) is 31.4 Å². The van der Waals surface area contributed by atoms with E-state index >= 15 is 0 Å². The lowest BCUT2D eigenvalue weighted by Gasteiger charge is -2.32. The molecule has 1 aliphatic heterocycles. The number of carbonyl (C=O) groups excluding carboxylic acids is 1. The highest BCUT2D eigenvalue weighted by molar-refractivity contribution is 9.10. The van der Waals surface area contributed by atoms with Crippen LogP contribution >= 0.6 is 27.5 Å². The van der Waals surface area contributed by atoms with Crippen LogP contribution in [0, 0.1) is 0 Å². The number of halogens is 2. The molecule has 16 heteroatoms. The fourth-order valence-corrected chi connectivity index (χ4v) is 4.95. The van der Waals surface area contributed by atoms with E-state index in [9.17, 15) is 4.79 Å². The van der Waals surface area contributed by atoms with Crippen LogP contribution in [0.1, 0.15) is 27.3 Å². The number of nitrogen functional groups attached to an aromatic ring is 1. The molecular formula is C26H28BrClN10O4. The smallest absolute Gasteiger partial charge is 0.293 e. The molecule has 3 N–H and O–H groups in total. The van der Waals surface area contributed by atoms with E-state index in [0.29, 0.717) is 45.4 Å². The number of likely N-dealkylation sites (N-methyl/N-ethyl adjacent to an activating group) is 1. The number of hydrazone groups is 1. The number of anilines is 1. The maximum Gasteiger partial charge on any atom is 0.293 e. The monoisotopic (exact) mass is 658 g/mol. The molecule has 0 saturated carbocycles. The van der Waals surface area contributed by atoms with Crippen molar-refractivity contribution in [3.8, 4) is 17.3 Å². The van der Waals surface area contributed by atoms with Crippen LogP contribution in [0.25, 0.3) is 5.82 Å². The number of rotatable bonds is 10. The Balaban J connectivity index is 1.30. The molecule has 3 heterocycles. The number of benzene rings is 2. The van der Waals surface area contributed by atoms with E-state index in [-0.39, 0.29) is 17.3 Å². The topological polar surface area (TPSA) is 162 Å². The van der Waals surface area contributed by atoms with Crippen LogP contribution in [-0.2, 0) is 13.2 Å². The number of piperazine rings is 1. The number of methoxy groups -OCH3 is 1. The second-order valence-electron chi connectivity index (χ2n) is 9.50. The third-order valence-electron chi connectivity index (χ3n) is 6.57. The van der Waals surface area contributed by atoms with Crippen molar-refractivity contribution in [3.63, 3.8) is 0 Å². The minimum atomic E-state index is -0.550. The van der Waals surface area contributed by atoms with Gasteiger partial charge in [-0.3, -0.25) is 9.69 Å². The first-order valence-electron chi connectivity index (χ1n) is 12.8. The minimum absolute atomic E-state index is 0.0321. The molecular weight excluding hydrogens is 632 g/mol. The molecule has 1 amide bonds. The Morgan fingerprint density at radius 3 is 2.67 bits per heavy atom. The summed E-state index contributed by atoms with van der Waals surface area (Å²) in [5.41, 5.74) is 10.6. The molecule has 0 aliphatic carbocycles. The van der Waals surface area contributed by atoms with Crippen LogP contribution < -0.4 is 20.6 Å². The zero-order valence-corrected chi connectivity index (χ0v) is 25.2. The Morgan fingerprint density at radius 1 is 1.21 bits per heavy atom. The van der Waals surface area contributed by atoms with Crippen molar-refractivity contribution in [1.82, 2.24) is 40.5 Å². The molecule has 42 heavy (non-hydrogen) atoms. The van der Waals surface area contributed by atoms with Gasteiger partial charge in [-0.15, -0.1) is 5.10 Å². The summed E-state index contributed by atoms with van der Waals surface area (Å²) in [7, 11) is 3.61. The SMILES string of the molecule is COc1cc(/C=N\NC(=O)c2nnn(-c3nonc3N)c2CN2CCN(C)CC2)cc(Br)c1OCc1ccc(Cl)cc1. The second-order valence-corrected chi connectivity index (χ2v) is 10.8. The normalized spacial score (nSPS) is 14.4. The Kier molecular flexibility index (Phi) is 9.31. The predicted octanol–water partition coefficient (Wildman–Crippen LogP) is 2.75. The van der Waals surface area contributed by atoms with Crippen molar-refractivity contribution >= 4 is 45.5 Å². The van der Waals surface area contributed by atoms with Crippen LogP contribution in [0.2, 0.25) is 5.02 Å². The van der Waals surface area contributed by atoms with Gasteiger partial charge < -0.3 is 20.1 Å². The van der Waals surface area contributed by atoms with Gasteiger partial charge in [-0.05, 0) is 68.7 Å². The lowest BCUT2D eigenvalue weighted by atomic mass is 10.2. The number of nitrogens with one attached hydrogen (secondary N) is 1. The Labute approximate surface area is 254 Å². The first-order valence-corrected chi connectivity index (χ1v) is 14.0. The minimum Gasteiger partial charge on any atom is -0.493 e. The molecule has 4 aromatic rings. The predicted molar refractivity (Wildman–Crippen MR) is 158 cm³/mol. The zero-order chi connectivity index (χ0) is 29.6. The fraction of sp³-hybridized carbons (Fsp3) is 0.308. The third kappa shape index (κ3) is 6.87. The molecule has 0 spiro atoms. The van der Waals surface area contributed by atoms with Crippen LogP contribution in [0.5, 0.6) is 11.5 Å². The number of aromatic nitrogens is 5. The summed E-state index contributed by atoms with van der Waals surface area (Å²) in [6, 6.07) is 10.9. The van der Waals surface area contributed by atoms with E-state index in [1.54, 1.807) is 31.4 Å². The average molecular weight is 660 g/mol. The van der Waals surface area contributed by atoms with Crippen molar-refractivity contribution in [2.45, 2.75) is 13.2 Å². The Hall–Kier alpha value is -4.05. The number of ether oxygens (including phenoxy) is 2. The van der Waals surface area contributed by atoms with Crippen molar-refractivity contribution in [2.24, 2.45) is 5.10 Å². The van der Waals surface area contributed by atoms with E-state index in [1.807, 2.05) is 12.1 Å². The van der Waals surface area contributed by atoms with Gasteiger partial charge in [0.25, 0.3) is 5.91 Å². The fourth-order valence-electron chi connectivity index (χ4n) is 4.25. The molecule has 0 unspecified atom stereocenters. The summed E-state index contributed by atoms with van der Waals surface area (Å²) in [5, 5.41) is 20.4. The quantitative estimate of drug-likeness (QED) is 0.190. The van der Waals surface area contributed by atoms with Gasteiger partial charge in [-0.25, -0.2) is 10.1 Å². The maximum atomic E-state index is 13.2. The van der Waals surface area contributed by atoms with Gasteiger partial charge in [0.05, 0.1) is 23.5 Å². The molecule has 2 aromatic carbocycles. The number of nitrogens with zero attached hydrogens (tertiary/aromatic N) is 8. The Morgan fingerprint density at radius 2 is 1.98 bits per heavy atom. The largest absolute Gasteiger partial charge is 0.493 e. The van der Waals surface area contributed by atoms with Crippen molar-refractivity contribution < 1.29 is 18.9 Å². The molecule has 0 atom stereocenters. The molecule has 5 rings (SSSR count). The highest BCUT2D eigenvalue weighted by atomic mass is 79.9. The van der Waals surface area contributed by atoms with Gasteiger partial charge in [0.2, 0.25) is 11.6 Å². The summed E-state index contributed by atoms with van der Waals surface area (Å²) in [6.07, 6.45) is 1.48. The van der Waals surface area contributed by atoms with Gasteiger partial charge in [0.1, 0.15) is 6.61 Å². The van der Waals surface area contributed by atoms with Crippen molar-refractivity contribution in [3.05, 3.63) is 68.4 Å². The summed E-state index contributed by atoms with van der Waals surface area (Å²) in [6.45, 7) is 4.12. The molecule has 1 saturated heterocycles. The first kappa shape index (κ1) is 29.4. The van der Waals surface area contributed by atoms with Crippen molar-refractivity contribution in [2.75, 3.05) is 46.1 Å². The average Bonchev–Trinajstić information content (AvgIpc) is 3.59. The summed E-state index contributed by atoms with van der Waals surface area (Å²) < 4.78 is 18.3. The lowest BCUT2D eigenvalue weighted by molar-refractivity contribution is 0.0946. The lowest BCUT2D eigenvalue weighted by Crippen LogP contribution is -2.44. The van der Waals surface area contributed by atoms with Gasteiger partial charge >= 0.3 is 0 Å². The third-order valence-corrected chi connectivity index (χ3v) is 7.41. The number of hydrogen-bond donors (Lipinski definition) is 2. The van der Waals surface area contributed by atoms with Crippen molar-refractivity contribution in [1.29, 1.82) is 0 Å². The molecule has 220 valence electrons. The van der Waals surface area contributed by atoms with Crippen LogP contribution in [0.4, 0.5) is 5.82 Å². The molecule has 0 radical (unpaired) electrons. The van der Waals surface area contributed by atoms with Gasteiger partial charge in [-0.2, -0.15) is 9.78 Å². The van der Waals surface area contributed by atoms with E-state index in [2.05, 4.69) is 63.9 Å². The molecule has 1 fully saturated rings. The highest BCUT2D eigenvalue weighted by Gasteiger charge is 2.26. The van der Waals surface area contributed by atoms with Crippen LogP contribution in [0.15, 0.2) is 50.6 Å². The second kappa shape index (κ2) is 13.3. The van der Waals surface area contributed by atoms with E-state index in [0.717, 1.165) is 31.7 Å². The molecule has 0 bridgehead atoms. The molecule has 1 aliphatic rings. The maximum absolute atomic E-state index is 13.2. The number of amides is 1. The number of hydrogen-bond acceptors (Lipinski definition) is 12. The zero-order valence-electron chi connectivity index (χ0n) is 22.8. The van der Waals surface area contributed by atoms with Gasteiger partial charge in [0, 0.05) is 37.7 Å². The van der Waals surface area contributed by atoms with Gasteiger partial charge in [0.15, 0.2) is 17.2 Å². The van der Waals surface area contributed by atoms with Crippen LogP contribution in [-0.4, -0.2) is 87.6 Å². The summed E-state index contributed by atoms with van der Waals surface area (Å²) in [4.78, 5) is 17.6. The van der Waals surface area contributed by atoms with E-state index < -0.39 is 5.91 Å². The van der Waals surface area contributed by atoms with Crippen LogP contribution in [0.3, 0.4) is 0 Å². The molecule has 14 nitrogen and oxygen atoms in total. The number of nitrogens with two attached hydrogens (primary N) is 1. The standard InChI is InChI=1S/C26H28BrClN10O4/c1-36-7-9-37(10-8-36)14-20-22(31-35-38(20)25-24(29)33-42-34-25)26(39)32-30-13-17-11-19(27)23(21(12-17)40-2)41-15-16-3-5-18(28)6-4-16/h3-6,11-13H,7-10,14-15H2,1-2H3,(H2,29,33)(H,32,39)/b30-13-. The summed E-state index contributed by atoms with van der Waals surface area (Å²) >= 11 is 9.50. The van der Waals surface area contributed by atoms with E-state index in [1.165, 1.54) is 10.9 Å². The Bertz CT molecular complexity index is 1570.